The Balaban J connectivity index is 1.82. The highest BCUT2D eigenvalue weighted by molar-refractivity contribution is 5.94. The van der Waals surface area contributed by atoms with E-state index in [9.17, 15) is 9.59 Å². The number of nitrogens with zero attached hydrogens (tertiary/aromatic N) is 2. The number of carbonyl (C=O) groups is 2. The number of nitrogens with one attached hydrogen (secondary N) is 1. The van der Waals surface area contributed by atoms with E-state index < -0.39 is 0 Å². The van der Waals surface area contributed by atoms with Gasteiger partial charge in [0.05, 0.1) is 19.9 Å². The summed E-state index contributed by atoms with van der Waals surface area (Å²) in [6.07, 6.45) is 2.55. The van der Waals surface area contributed by atoms with E-state index in [1.807, 2.05) is 13.8 Å². The molecule has 2 rings (SSSR count). The van der Waals surface area contributed by atoms with Crippen LogP contribution < -0.4 is 14.8 Å². The van der Waals surface area contributed by atoms with Gasteiger partial charge >= 0.3 is 0 Å². The van der Waals surface area contributed by atoms with Crippen LogP contribution in [-0.2, 0) is 4.79 Å². The Kier molecular flexibility index (Phi) is 6.77. The van der Waals surface area contributed by atoms with E-state index >= 15 is 0 Å². The van der Waals surface area contributed by atoms with Crippen molar-refractivity contribution in [3.8, 4) is 11.5 Å². The molecule has 0 radical (unpaired) electrons. The van der Waals surface area contributed by atoms with Crippen LogP contribution in [0.15, 0.2) is 30.5 Å². The largest absolute Gasteiger partial charge is 0.493 e. The number of carbonyl (C=O) groups excluding carboxylic acids is 2. The van der Waals surface area contributed by atoms with E-state index in [4.69, 9.17) is 9.47 Å². The second-order valence-electron chi connectivity index (χ2n) is 6.18. The Labute approximate surface area is 153 Å². The summed E-state index contributed by atoms with van der Waals surface area (Å²) >= 11 is 0. The van der Waals surface area contributed by atoms with Crippen molar-refractivity contribution in [2.24, 2.45) is 0 Å². The molecule has 0 aliphatic heterocycles. The molecule has 0 spiro atoms. The van der Waals surface area contributed by atoms with Gasteiger partial charge in [-0.05, 0) is 45.4 Å². The van der Waals surface area contributed by atoms with Crippen LogP contribution in [0, 0.1) is 0 Å². The second-order valence-corrected chi connectivity index (χ2v) is 6.18. The van der Waals surface area contributed by atoms with Crippen molar-refractivity contribution in [3.63, 3.8) is 0 Å². The van der Waals surface area contributed by atoms with Gasteiger partial charge in [0.25, 0.3) is 0 Å². The van der Waals surface area contributed by atoms with E-state index in [0.29, 0.717) is 42.3 Å². The Morgan fingerprint density at radius 1 is 1.23 bits per heavy atom. The van der Waals surface area contributed by atoms with Crippen molar-refractivity contribution >= 4 is 17.5 Å². The van der Waals surface area contributed by atoms with Crippen LogP contribution >= 0.6 is 0 Å². The lowest BCUT2D eigenvalue weighted by Crippen LogP contribution is -2.17. The fraction of sp³-hybridized carbons (Fsp3) is 0.421. The first-order valence-electron chi connectivity index (χ1n) is 8.57. The van der Waals surface area contributed by atoms with Crippen LogP contribution in [0.2, 0.25) is 0 Å². The highest BCUT2D eigenvalue weighted by Crippen LogP contribution is 2.28. The standard InChI is InChI=1S/C19H25N3O4/c1-13(2)22-18(9-10-20-22)21-19(24)6-5-11-26-16-8-7-15(14(3)23)12-17(16)25-4/h7-10,12-13H,5-6,11H2,1-4H3,(H,21,24). The molecule has 0 aliphatic carbocycles. The average molecular weight is 359 g/mol. The van der Waals surface area contributed by atoms with E-state index in [2.05, 4.69) is 10.4 Å². The van der Waals surface area contributed by atoms with Gasteiger partial charge < -0.3 is 14.8 Å². The Morgan fingerprint density at radius 2 is 2.00 bits per heavy atom. The smallest absolute Gasteiger partial charge is 0.225 e. The second kappa shape index (κ2) is 9.03. The van der Waals surface area contributed by atoms with Gasteiger partial charge in [-0.15, -0.1) is 0 Å². The lowest BCUT2D eigenvalue weighted by Gasteiger charge is -2.13. The molecule has 1 N–H and O–H groups in total. The summed E-state index contributed by atoms with van der Waals surface area (Å²) in [6.45, 7) is 5.87. The molecule has 0 saturated carbocycles. The van der Waals surface area contributed by atoms with E-state index in [-0.39, 0.29) is 17.7 Å². The monoisotopic (exact) mass is 359 g/mol. The van der Waals surface area contributed by atoms with E-state index in [1.165, 1.54) is 14.0 Å². The first-order valence-corrected chi connectivity index (χ1v) is 8.57. The van der Waals surface area contributed by atoms with E-state index in [1.54, 1.807) is 35.1 Å². The quantitative estimate of drug-likeness (QED) is 0.547. The van der Waals surface area contributed by atoms with Gasteiger partial charge in [-0.2, -0.15) is 5.10 Å². The normalized spacial score (nSPS) is 10.7. The van der Waals surface area contributed by atoms with Gasteiger partial charge in [0, 0.05) is 24.1 Å². The van der Waals surface area contributed by atoms with Gasteiger partial charge in [-0.1, -0.05) is 0 Å². The van der Waals surface area contributed by atoms with Crippen molar-refractivity contribution in [1.82, 2.24) is 9.78 Å². The molecular weight excluding hydrogens is 334 g/mol. The maximum atomic E-state index is 12.1. The molecule has 1 heterocycles. The zero-order chi connectivity index (χ0) is 19.1. The number of rotatable bonds is 9. The van der Waals surface area contributed by atoms with Gasteiger partial charge in [0.15, 0.2) is 17.3 Å². The molecule has 26 heavy (non-hydrogen) atoms. The van der Waals surface area contributed by atoms with Crippen LogP contribution in [0.4, 0.5) is 5.82 Å². The lowest BCUT2D eigenvalue weighted by molar-refractivity contribution is -0.116. The Hall–Kier alpha value is -2.83. The summed E-state index contributed by atoms with van der Waals surface area (Å²) < 4.78 is 12.7. The molecule has 1 amide bonds. The predicted molar refractivity (Wildman–Crippen MR) is 99.0 cm³/mol. The molecule has 1 aromatic carbocycles. The molecular formula is C19H25N3O4. The molecule has 0 saturated heterocycles. The highest BCUT2D eigenvalue weighted by atomic mass is 16.5. The van der Waals surface area contributed by atoms with Gasteiger partial charge in [-0.3, -0.25) is 9.59 Å². The number of ketones is 1. The number of hydrogen-bond acceptors (Lipinski definition) is 5. The third-order valence-corrected chi connectivity index (χ3v) is 3.80. The van der Waals surface area contributed by atoms with Gasteiger partial charge in [-0.25, -0.2) is 4.68 Å². The van der Waals surface area contributed by atoms with Crippen molar-refractivity contribution in [2.45, 2.75) is 39.7 Å². The zero-order valence-electron chi connectivity index (χ0n) is 15.6. The number of benzene rings is 1. The third kappa shape index (κ3) is 5.08. The first kappa shape index (κ1) is 19.5. The molecule has 2 aromatic rings. The van der Waals surface area contributed by atoms with Gasteiger partial charge in [0.1, 0.15) is 5.82 Å². The van der Waals surface area contributed by atoms with Crippen molar-refractivity contribution in [3.05, 3.63) is 36.0 Å². The molecule has 0 atom stereocenters. The van der Waals surface area contributed by atoms with Crippen LogP contribution in [0.1, 0.15) is 50.0 Å². The van der Waals surface area contributed by atoms with Crippen LogP contribution in [-0.4, -0.2) is 35.2 Å². The topological polar surface area (TPSA) is 82.4 Å². The molecule has 140 valence electrons. The molecule has 1 aromatic heterocycles. The number of ether oxygens (including phenoxy) is 2. The number of anilines is 1. The Morgan fingerprint density at radius 3 is 2.65 bits per heavy atom. The summed E-state index contributed by atoms with van der Waals surface area (Å²) in [5.74, 6) is 1.62. The number of methoxy groups -OCH3 is 1. The lowest BCUT2D eigenvalue weighted by atomic mass is 10.1. The summed E-state index contributed by atoms with van der Waals surface area (Å²) in [6, 6.07) is 7.00. The first-order chi connectivity index (χ1) is 12.4. The maximum absolute atomic E-state index is 12.1. The molecule has 0 unspecified atom stereocenters. The maximum Gasteiger partial charge on any atom is 0.225 e. The summed E-state index contributed by atoms with van der Waals surface area (Å²) in [5, 5.41) is 7.04. The third-order valence-electron chi connectivity index (χ3n) is 3.80. The van der Waals surface area contributed by atoms with Crippen molar-refractivity contribution < 1.29 is 19.1 Å². The minimum absolute atomic E-state index is 0.0350. The van der Waals surface area contributed by atoms with Crippen molar-refractivity contribution in [1.29, 1.82) is 0 Å². The SMILES string of the molecule is COc1cc(C(C)=O)ccc1OCCCC(=O)Nc1ccnn1C(C)C. The summed E-state index contributed by atoms with van der Waals surface area (Å²) in [7, 11) is 1.53. The number of hydrogen-bond donors (Lipinski definition) is 1. The number of Topliss-reactive ketones (excluding diaryl/α,β-unsaturated/α-hetero) is 1. The predicted octanol–water partition coefficient (Wildman–Crippen LogP) is 3.47. The molecule has 7 nitrogen and oxygen atoms in total. The van der Waals surface area contributed by atoms with Crippen LogP contribution in [0.5, 0.6) is 11.5 Å². The van der Waals surface area contributed by atoms with E-state index in [0.717, 1.165) is 0 Å². The molecule has 0 bridgehead atoms. The van der Waals surface area contributed by atoms with Crippen molar-refractivity contribution in [2.75, 3.05) is 19.0 Å². The van der Waals surface area contributed by atoms with Crippen LogP contribution in [0.25, 0.3) is 0 Å². The minimum atomic E-state index is -0.0881. The summed E-state index contributed by atoms with van der Waals surface area (Å²) in [5.41, 5.74) is 0.565. The minimum Gasteiger partial charge on any atom is -0.493 e. The Bertz CT molecular complexity index is 768. The average Bonchev–Trinajstić information content (AvgIpc) is 3.06. The van der Waals surface area contributed by atoms with Gasteiger partial charge in [0.2, 0.25) is 5.91 Å². The molecule has 0 fully saturated rings. The fourth-order valence-electron chi connectivity index (χ4n) is 2.45. The number of aromatic nitrogens is 2. The van der Waals surface area contributed by atoms with Crippen LogP contribution in [0.3, 0.4) is 0 Å². The fourth-order valence-corrected chi connectivity index (χ4v) is 2.45. The molecule has 7 heteroatoms. The zero-order valence-corrected chi connectivity index (χ0v) is 15.6. The molecule has 0 aliphatic rings. The summed E-state index contributed by atoms with van der Waals surface area (Å²) in [4.78, 5) is 23.5. The highest BCUT2D eigenvalue weighted by Gasteiger charge is 2.11. The number of amides is 1.